The highest BCUT2D eigenvalue weighted by Gasteiger charge is 2.23. The maximum atomic E-state index is 11.6. The van der Waals surface area contributed by atoms with Crippen LogP contribution in [0.3, 0.4) is 0 Å². The fourth-order valence-electron chi connectivity index (χ4n) is 4.28. The molecule has 2 aromatic carbocycles. The Kier molecular flexibility index (Phi) is 7.79. The number of halogens is 2. The summed E-state index contributed by atoms with van der Waals surface area (Å²) in [6, 6.07) is 13.5. The largest absolute Gasteiger partial charge is 0.491 e. The normalized spacial score (nSPS) is 18.6. The number of hydrogen-bond acceptors (Lipinski definition) is 5. The minimum absolute atomic E-state index is 0.224. The van der Waals surface area contributed by atoms with Gasteiger partial charge in [-0.25, -0.2) is 4.79 Å². The molecule has 1 amide bonds. The molecule has 2 aromatic rings. The van der Waals surface area contributed by atoms with Crippen molar-refractivity contribution in [3.8, 4) is 5.75 Å². The maximum Gasteiger partial charge on any atom is 0.410 e. The molecule has 0 saturated carbocycles. The lowest BCUT2D eigenvalue weighted by atomic mass is 9.89. The van der Waals surface area contributed by atoms with Crippen LogP contribution in [0.5, 0.6) is 5.75 Å². The first kappa shape index (κ1) is 23.2. The first-order valence-electron chi connectivity index (χ1n) is 11.0. The number of carbonyl (C=O) groups is 1. The van der Waals surface area contributed by atoms with Crippen molar-refractivity contribution in [1.82, 2.24) is 9.80 Å². The minimum Gasteiger partial charge on any atom is -0.491 e. The van der Waals surface area contributed by atoms with Crippen molar-refractivity contribution in [3.05, 3.63) is 63.6 Å². The van der Waals surface area contributed by atoms with Crippen LogP contribution in [0.2, 0.25) is 10.0 Å². The molecule has 0 spiro atoms. The molecule has 4 rings (SSSR count). The van der Waals surface area contributed by atoms with Crippen molar-refractivity contribution in [2.45, 2.75) is 31.4 Å². The van der Waals surface area contributed by atoms with Gasteiger partial charge in [-0.1, -0.05) is 41.4 Å². The molecule has 0 aromatic heterocycles. The fourth-order valence-corrected chi connectivity index (χ4v) is 4.59. The summed E-state index contributed by atoms with van der Waals surface area (Å²) in [4.78, 5) is 15.6. The van der Waals surface area contributed by atoms with Gasteiger partial charge in [-0.05, 0) is 67.2 Å². The summed E-state index contributed by atoms with van der Waals surface area (Å²) in [7, 11) is 0. The van der Waals surface area contributed by atoms with Crippen molar-refractivity contribution in [2.75, 3.05) is 39.4 Å². The Bertz CT molecular complexity index is 934. The molecule has 2 fully saturated rings. The second-order valence-corrected chi connectivity index (χ2v) is 9.21. The Labute approximate surface area is 198 Å². The highest BCUT2D eigenvalue weighted by Crippen LogP contribution is 2.32. The Morgan fingerprint density at radius 2 is 1.91 bits per heavy atom. The number of aliphatic hydroxyl groups excluding tert-OH is 1. The summed E-state index contributed by atoms with van der Waals surface area (Å²) in [5, 5.41) is 11.7. The number of piperidine rings is 1. The molecule has 8 heteroatoms. The number of β-amino-alcohol motifs (C(OH)–C–C–N with tert-alkyl or cyclic N) is 1. The average molecular weight is 479 g/mol. The second kappa shape index (κ2) is 10.8. The summed E-state index contributed by atoms with van der Waals surface area (Å²) in [5.41, 5.74) is 2.20. The van der Waals surface area contributed by atoms with E-state index in [1.807, 2.05) is 36.4 Å². The number of aliphatic hydroxyl groups is 1. The van der Waals surface area contributed by atoms with Crippen LogP contribution in [-0.4, -0.2) is 66.5 Å². The smallest absolute Gasteiger partial charge is 0.410 e. The van der Waals surface area contributed by atoms with Gasteiger partial charge in [0, 0.05) is 13.1 Å². The van der Waals surface area contributed by atoms with E-state index in [0.717, 1.165) is 31.5 Å². The van der Waals surface area contributed by atoms with E-state index < -0.39 is 6.10 Å². The second-order valence-electron chi connectivity index (χ2n) is 8.40. The molecular weight excluding hydrogens is 451 g/mol. The number of amides is 1. The van der Waals surface area contributed by atoms with Crippen molar-refractivity contribution in [1.29, 1.82) is 0 Å². The zero-order valence-electron chi connectivity index (χ0n) is 17.9. The van der Waals surface area contributed by atoms with Crippen molar-refractivity contribution >= 4 is 29.3 Å². The number of carbonyl (C=O) groups excluding carboxylic acids is 1. The van der Waals surface area contributed by atoms with Crippen molar-refractivity contribution in [3.63, 3.8) is 0 Å². The first-order valence-corrected chi connectivity index (χ1v) is 11.7. The molecule has 0 unspecified atom stereocenters. The molecule has 0 bridgehead atoms. The molecule has 2 saturated heterocycles. The van der Waals surface area contributed by atoms with Crippen LogP contribution in [0.25, 0.3) is 0 Å². The van der Waals surface area contributed by atoms with E-state index in [0.29, 0.717) is 48.0 Å². The fraction of sp³-hybridized carbons (Fsp3) is 0.458. The summed E-state index contributed by atoms with van der Waals surface area (Å²) < 4.78 is 10.8. The van der Waals surface area contributed by atoms with Gasteiger partial charge in [-0.3, -0.25) is 0 Å². The predicted octanol–water partition coefficient (Wildman–Crippen LogP) is 4.56. The van der Waals surface area contributed by atoms with Crippen molar-refractivity contribution < 1.29 is 19.4 Å². The van der Waals surface area contributed by atoms with Gasteiger partial charge in [0.25, 0.3) is 0 Å². The van der Waals surface area contributed by atoms with E-state index in [2.05, 4.69) is 11.0 Å². The van der Waals surface area contributed by atoms with Crippen LogP contribution in [-0.2, 0) is 11.3 Å². The third-order valence-corrected chi connectivity index (χ3v) is 6.77. The van der Waals surface area contributed by atoms with Gasteiger partial charge in [0.2, 0.25) is 0 Å². The Morgan fingerprint density at radius 3 is 2.62 bits per heavy atom. The van der Waals surface area contributed by atoms with E-state index in [4.69, 9.17) is 32.7 Å². The third-order valence-electron chi connectivity index (χ3n) is 6.03. The standard InChI is InChI=1S/C24H28Cl2N2O4/c25-22-5-4-19(13-23(22)26)18-6-8-27(9-7-18)15-20(29)16-32-21-3-1-2-17(12-21)14-28-10-11-31-24(28)30/h1-5,12-13,18,20,29H,6-11,14-16H2/t20-/m0/s1. The average Bonchev–Trinajstić information content (AvgIpc) is 3.19. The highest BCUT2D eigenvalue weighted by atomic mass is 35.5. The molecule has 2 aliphatic rings. The van der Waals surface area contributed by atoms with Crippen LogP contribution >= 0.6 is 23.2 Å². The lowest BCUT2D eigenvalue weighted by Crippen LogP contribution is -2.40. The summed E-state index contributed by atoms with van der Waals surface area (Å²) >= 11 is 12.2. The van der Waals surface area contributed by atoms with Crippen LogP contribution in [0, 0.1) is 0 Å². The molecular formula is C24H28Cl2N2O4. The van der Waals surface area contributed by atoms with Gasteiger partial charge in [-0.2, -0.15) is 0 Å². The lowest BCUT2D eigenvalue weighted by molar-refractivity contribution is 0.0594. The number of benzene rings is 2. The zero-order chi connectivity index (χ0) is 22.5. The topological polar surface area (TPSA) is 62.2 Å². The van der Waals surface area contributed by atoms with E-state index >= 15 is 0 Å². The van der Waals surface area contributed by atoms with E-state index in [1.165, 1.54) is 5.56 Å². The molecule has 0 aliphatic carbocycles. The molecule has 1 atom stereocenters. The first-order chi connectivity index (χ1) is 15.5. The Hall–Kier alpha value is -1.99. The number of rotatable bonds is 8. The van der Waals surface area contributed by atoms with Crippen LogP contribution < -0.4 is 4.74 Å². The van der Waals surface area contributed by atoms with Crippen LogP contribution in [0.1, 0.15) is 29.9 Å². The van der Waals surface area contributed by atoms with Gasteiger partial charge >= 0.3 is 6.09 Å². The van der Waals surface area contributed by atoms with Gasteiger partial charge < -0.3 is 24.4 Å². The van der Waals surface area contributed by atoms with Crippen LogP contribution in [0.15, 0.2) is 42.5 Å². The molecule has 172 valence electrons. The van der Waals surface area contributed by atoms with E-state index in [9.17, 15) is 9.90 Å². The van der Waals surface area contributed by atoms with Gasteiger partial charge in [0.1, 0.15) is 25.1 Å². The number of hydrogen-bond donors (Lipinski definition) is 1. The molecule has 32 heavy (non-hydrogen) atoms. The zero-order valence-corrected chi connectivity index (χ0v) is 19.4. The van der Waals surface area contributed by atoms with Crippen LogP contribution in [0.4, 0.5) is 4.79 Å². The quantitative estimate of drug-likeness (QED) is 0.602. The Morgan fingerprint density at radius 1 is 1.09 bits per heavy atom. The molecule has 1 N–H and O–H groups in total. The predicted molar refractivity (Wildman–Crippen MR) is 125 cm³/mol. The molecule has 2 aliphatic heterocycles. The van der Waals surface area contributed by atoms with E-state index in [-0.39, 0.29) is 12.7 Å². The number of cyclic esters (lactones) is 1. The number of likely N-dealkylation sites (tertiary alicyclic amines) is 1. The van der Waals surface area contributed by atoms with Gasteiger partial charge in [-0.15, -0.1) is 0 Å². The minimum atomic E-state index is -0.575. The maximum absolute atomic E-state index is 11.6. The number of ether oxygens (including phenoxy) is 2. The highest BCUT2D eigenvalue weighted by molar-refractivity contribution is 6.42. The van der Waals surface area contributed by atoms with Gasteiger partial charge in [0.05, 0.1) is 16.6 Å². The molecule has 2 heterocycles. The van der Waals surface area contributed by atoms with Gasteiger partial charge in [0.15, 0.2) is 0 Å². The summed E-state index contributed by atoms with van der Waals surface area (Å²) in [6.45, 7) is 4.17. The number of nitrogens with zero attached hydrogens (tertiary/aromatic N) is 2. The lowest BCUT2D eigenvalue weighted by Gasteiger charge is -2.33. The Balaban J connectivity index is 1.21. The molecule has 0 radical (unpaired) electrons. The van der Waals surface area contributed by atoms with E-state index in [1.54, 1.807) is 4.90 Å². The van der Waals surface area contributed by atoms with Crippen molar-refractivity contribution in [2.24, 2.45) is 0 Å². The third kappa shape index (κ3) is 6.07. The summed E-state index contributed by atoms with van der Waals surface area (Å²) in [6.07, 6.45) is 1.18. The molecule has 6 nitrogen and oxygen atoms in total. The SMILES string of the molecule is O=C1OCCN1Cc1cccc(OC[C@@H](O)CN2CCC(c3ccc(Cl)c(Cl)c3)CC2)c1. The monoisotopic (exact) mass is 478 g/mol. The summed E-state index contributed by atoms with van der Waals surface area (Å²) in [5.74, 6) is 1.15.